The molecule has 0 saturated carbocycles. The number of hydrogen-bond donors (Lipinski definition) is 1. The lowest BCUT2D eigenvalue weighted by molar-refractivity contribution is -0.384. The van der Waals surface area contributed by atoms with Crippen LogP contribution in [0.2, 0.25) is 0 Å². The quantitative estimate of drug-likeness (QED) is 0.695. The minimum atomic E-state index is -0.961. The monoisotopic (exact) mass is 296 g/mol. The highest BCUT2D eigenvalue weighted by molar-refractivity contribution is 5.60. The fourth-order valence-corrected chi connectivity index (χ4v) is 2.10. The van der Waals surface area contributed by atoms with Gasteiger partial charge in [0.2, 0.25) is 5.82 Å². The first kappa shape index (κ1) is 14.9. The van der Waals surface area contributed by atoms with E-state index in [1.54, 1.807) is 14.0 Å². The fourth-order valence-electron chi connectivity index (χ4n) is 2.10. The Morgan fingerprint density at radius 1 is 1.38 bits per heavy atom. The summed E-state index contributed by atoms with van der Waals surface area (Å²) in [5.74, 6) is -1.68. The summed E-state index contributed by atoms with van der Waals surface area (Å²) in [6, 6.07) is 3.05. The normalized spacial score (nSPS) is 12.2. The Hall–Kier alpha value is -2.51. The molecule has 1 atom stereocenters. The largest absolute Gasteiger partial charge is 0.358 e. The molecule has 1 aromatic heterocycles. The summed E-state index contributed by atoms with van der Waals surface area (Å²) < 4.78 is 27.5. The van der Waals surface area contributed by atoms with Crippen molar-refractivity contribution < 1.29 is 13.7 Å². The van der Waals surface area contributed by atoms with Crippen LogP contribution in [0.15, 0.2) is 18.2 Å². The van der Waals surface area contributed by atoms with Crippen LogP contribution < -0.4 is 5.32 Å². The highest BCUT2D eigenvalue weighted by Crippen LogP contribution is 2.30. The van der Waals surface area contributed by atoms with Crippen LogP contribution in [-0.2, 0) is 7.05 Å². The Morgan fingerprint density at radius 2 is 2.05 bits per heavy atom. The molecule has 0 aliphatic heterocycles. The zero-order valence-corrected chi connectivity index (χ0v) is 11.7. The van der Waals surface area contributed by atoms with Crippen molar-refractivity contribution in [2.24, 2.45) is 7.05 Å². The van der Waals surface area contributed by atoms with Crippen LogP contribution in [0.25, 0.3) is 0 Å². The molecule has 0 bridgehead atoms. The van der Waals surface area contributed by atoms with Gasteiger partial charge in [-0.15, -0.1) is 0 Å². The van der Waals surface area contributed by atoms with Gasteiger partial charge in [0.1, 0.15) is 5.69 Å². The van der Waals surface area contributed by atoms with Crippen molar-refractivity contribution in [3.8, 4) is 0 Å². The summed E-state index contributed by atoms with van der Waals surface area (Å²) in [5.41, 5.74) is 0.622. The van der Waals surface area contributed by atoms with E-state index in [2.05, 4.69) is 10.4 Å². The number of aryl methyl sites for hydroxylation is 2. The number of nitrogens with one attached hydrogen (secondary N) is 1. The number of halogens is 2. The second-order valence-electron chi connectivity index (χ2n) is 4.70. The Morgan fingerprint density at radius 3 is 2.62 bits per heavy atom. The molecule has 0 spiro atoms. The second-order valence-corrected chi connectivity index (χ2v) is 4.70. The summed E-state index contributed by atoms with van der Waals surface area (Å²) in [6.07, 6.45) is 0. The minimum absolute atomic E-state index is 0.132. The molecule has 21 heavy (non-hydrogen) atoms. The molecule has 0 aliphatic carbocycles. The third kappa shape index (κ3) is 2.83. The van der Waals surface area contributed by atoms with Crippen molar-refractivity contribution in [1.29, 1.82) is 0 Å². The number of anilines is 1. The van der Waals surface area contributed by atoms with E-state index in [-0.39, 0.29) is 17.2 Å². The van der Waals surface area contributed by atoms with Gasteiger partial charge < -0.3 is 5.32 Å². The minimum Gasteiger partial charge on any atom is -0.358 e. The van der Waals surface area contributed by atoms with E-state index in [1.165, 1.54) is 17.7 Å². The fraction of sp³-hybridized carbons (Fsp3) is 0.308. The number of rotatable bonds is 4. The summed E-state index contributed by atoms with van der Waals surface area (Å²) in [5, 5.41) is 18.0. The van der Waals surface area contributed by atoms with Gasteiger partial charge in [0, 0.05) is 7.05 Å². The van der Waals surface area contributed by atoms with Crippen molar-refractivity contribution in [3.05, 3.63) is 51.2 Å². The Kier molecular flexibility index (Phi) is 3.88. The molecule has 0 amide bonds. The molecule has 8 heteroatoms. The highest BCUT2D eigenvalue weighted by atomic mass is 19.2. The predicted molar refractivity (Wildman–Crippen MR) is 73.0 cm³/mol. The molecule has 1 heterocycles. The molecule has 0 aliphatic rings. The van der Waals surface area contributed by atoms with Crippen LogP contribution in [0.1, 0.15) is 24.2 Å². The maximum Gasteiger partial charge on any atom is 0.333 e. The topological polar surface area (TPSA) is 73.0 Å². The van der Waals surface area contributed by atoms with Crippen LogP contribution in [0, 0.1) is 28.7 Å². The number of nitro groups is 1. The van der Waals surface area contributed by atoms with Crippen LogP contribution in [0.4, 0.5) is 20.3 Å². The zero-order valence-electron chi connectivity index (χ0n) is 11.7. The van der Waals surface area contributed by atoms with E-state index in [4.69, 9.17) is 0 Å². The van der Waals surface area contributed by atoms with E-state index >= 15 is 0 Å². The zero-order chi connectivity index (χ0) is 15.7. The van der Waals surface area contributed by atoms with Crippen molar-refractivity contribution >= 4 is 11.5 Å². The lowest BCUT2D eigenvalue weighted by atomic mass is 10.1. The van der Waals surface area contributed by atoms with Crippen molar-refractivity contribution in [2.45, 2.75) is 19.9 Å². The average Bonchev–Trinajstić information content (AvgIpc) is 2.67. The Balaban J connectivity index is 2.33. The van der Waals surface area contributed by atoms with Gasteiger partial charge in [-0.1, -0.05) is 6.07 Å². The molecular formula is C13H14F2N4O2. The molecule has 0 radical (unpaired) electrons. The summed E-state index contributed by atoms with van der Waals surface area (Å²) >= 11 is 0. The first-order valence-electron chi connectivity index (χ1n) is 6.20. The van der Waals surface area contributed by atoms with Gasteiger partial charge in [0.15, 0.2) is 11.6 Å². The van der Waals surface area contributed by atoms with Crippen LogP contribution in [-0.4, -0.2) is 14.7 Å². The molecule has 2 rings (SSSR count). The van der Waals surface area contributed by atoms with Gasteiger partial charge >= 0.3 is 5.69 Å². The number of benzene rings is 1. The molecule has 0 fully saturated rings. The number of aromatic nitrogens is 2. The van der Waals surface area contributed by atoms with Gasteiger partial charge in [-0.05, 0) is 31.5 Å². The number of hydrogen-bond acceptors (Lipinski definition) is 4. The summed E-state index contributed by atoms with van der Waals surface area (Å²) in [4.78, 5) is 10.6. The maximum absolute atomic E-state index is 13.2. The van der Waals surface area contributed by atoms with Crippen molar-refractivity contribution in [1.82, 2.24) is 9.78 Å². The van der Waals surface area contributed by atoms with E-state index in [0.717, 1.165) is 12.1 Å². The SMILES string of the molecule is Cc1nn(C)c(N[C@H](C)c2ccc(F)c(F)c2)c1[N+](=O)[O-]. The smallest absolute Gasteiger partial charge is 0.333 e. The van der Waals surface area contributed by atoms with Crippen LogP contribution in [0.5, 0.6) is 0 Å². The van der Waals surface area contributed by atoms with Gasteiger partial charge in [-0.2, -0.15) is 5.10 Å². The Labute approximate surface area is 119 Å². The second kappa shape index (κ2) is 5.47. The van der Waals surface area contributed by atoms with Gasteiger partial charge in [0.25, 0.3) is 0 Å². The lowest BCUT2D eigenvalue weighted by Crippen LogP contribution is -2.11. The summed E-state index contributed by atoms with van der Waals surface area (Å²) in [7, 11) is 1.57. The molecule has 1 aromatic carbocycles. The highest BCUT2D eigenvalue weighted by Gasteiger charge is 2.25. The van der Waals surface area contributed by atoms with Crippen LogP contribution in [0.3, 0.4) is 0 Å². The standard InChI is InChI=1S/C13H14F2N4O2/c1-7(9-4-5-10(14)11(15)6-9)16-13-12(19(20)21)8(2)17-18(13)3/h4-7,16H,1-3H3/t7-/m1/s1. The predicted octanol–water partition coefficient (Wildman–Crippen LogP) is 3.09. The maximum atomic E-state index is 13.2. The van der Waals surface area contributed by atoms with E-state index in [0.29, 0.717) is 5.56 Å². The molecule has 0 saturated heterocycles. The molecule has 112 valence electrons. The first-order valence-corrected chi connectivity index (χ1v) is 6.20. The molecule has 2 aromatic rings. The Bertz CT molecular complexity index is 700. The van der Waals surface area contributed by atoms with Crippen molar-refractivity contribution in [2.75, 3.05) is 5.32 Å². The lowest BCUT2D eigenvalue weighted by Gasteiger charge is -2.15. The van der Waals surface area contributed by atoms with Crippen LogP contribution >= 0.6 is 0 Å². The van der Waals surface area contributed by atoms with E-state index in [9.17, 15) is 18.9 Å². The van der Waals surface area contributed by atoms with Gasteiger partial charge in [-0.25, -0.2) is 13.5 Å². The third-order valence-corrected chi connectivity index (χ3v) is 3.17. The first-order chi connectivity index (χ1) is 9.81. The van der Waals surface area contributed by atoms with Gasteiger partial charge in [0.05, 0.1) is 11.0 Å². The van der Waals surface area contributed by atoms with E-state index < -0.39 is 22.6 Å². The number of nitrogens with zero attached hydrogens (tertiary/aromatic N) is 3. The molecule has 6 nitrogen and oxygen atoms in total. The third-order valence-electron chi connectivity index (χ3n) is 3.17. The van der Waals surface area contributed by atoms with E-state index in [1.807, 2.05) is 0 Å². The summed E-state index contributed by atoms with van der Waals surface area (Å²) in [6.45, 7) is 3.23. The molecule has 1 N–H and O–H groups in total. The van der Waals surface area contributed by atoms with Gasteiger partial charge in [-0.3, -0.25) is 10.1 Å². The molecular weight excluding hydrogens is 282 g/mol. The average molecular weight is 296 g/mol. The molecule has 0 unspecified atom stereocenters. The van der Waals surface area contributed by atoms with Crippen molar-refractivity contribution in [3.63, 3.8) is 0 Å².